The van der Waals surface area contributed by atoms with Gasteiger partial charge in [-0.1, -0.05) is 62.2 Å². The number of carbonyl (C=O) groups is 3. The smallest absolute Gasteiger partial charge is 0.325 e. The van der Waals surface area contributed by atoms with Crippen LogP contribution in [-0.4, -0.2) is 29.3 Å². The van der Waals surface area contributed by atoms with Crippen LogP contribution < -0.4 is 10.6 Å². The molecule has 1 saturated heterocycles. The highest BCUT2D eigenvalue weighted by molar-refractivity contribution is 6.42. The maximum absolute atomic E-state index is 13.0. The molecule has 0 spiro atoms. The standard InChI is InChI=1S/C22H23Cl2N3O3/c1-21(2,3)13-5-8-15(9-6-13)25-18(28)12-27-19(29)22(4,26-20(27)30)14-7-10-16(23)17(24)11-14/h5-11H,12H2,1-4H3,(H,25,28)(H,26,30). The van der Waals surface area contributed by atoms with Crippen molar-refractivity contribution in [2.45, 2.75) is 38.6 Å². The monoisotopic (exact) mass is 447 g/mol. The second kappa shape index (κ2) is 7.93. The summed E-state index contributed by atoms with van der Waals surface area (Å²) in [6, 6.07) is 11.5. The number of hydrogen-bond acceptors (Lipinski definition) is 3. The van der Waals surface area contributed by atoms with Crippen molar-refractivity contribution in [3.63, 3.8) is 0 Å². The first-order valence-corrected chi connectivity index (χ1v) is 10.2. The molecule has 1 atom stereocenters. The molecule has 2 aromatic carbocycles. The zero-order valence-corrected chi connectivity index (χ0v) is 18.7. The number of nitrogens with one attached hydrogen (secondary N) is 2. The van der Waals surface area contributed by atoms with Crippen LogP contribution in [-0.2, 0) is 20.5 Å². The van der Waals surface area contributed by atoms with E-state index in [9.17, 15) is 14.4 Å². The second-order valence-corrected chi connectivity index (χ2v) is 9.27. The molecule has 2 N–H and O–H groups in total. The zero-order valence-electron chi connectivity index (χ0n) is 17.2. The van der Waals surface area contributed by atoms with Crippen LogP contribution in [0.3, 0.4) is 0 Å². The Bertz CT molecular complexity index is 1020. The van der Waals surface area contributed by atoms with Crippen LogP contribution in [0.1, 0.15) is 38.8 Å². The average Bonchev–Trinajstić information content (AvgIpc) is 2.87. The Morgan fingerprint density at radius 2 is 1.70 bits per heavy atom. The number of nitrogens with zero attached hydrogens (tertiary/aromatic N) is 1. The minimum Gasteiger partial charge on any atom is -0.325 e. The lowest BCUT2D eigenvalue weighted by atomic mass is 9.87. The Hall–Kier alpha value is -2.57. The van der Waals surface area contributed by atoms with Crippen molar-refractivity contribution in [1.29, 1.82) is 0 Å². The molecule has 1 fully saturated rings. The summed E-state index contributed by atoms with van der Waals surface area (Å²) < 4.78 is 0. The van der Waals surface area contributed by atoms with E-state index in [4.69, 9.17) is 23.2 Å². The van der Waals surface area contributed by atoms with Gasteiger partial charge in [-0.25, -0.2) is 4.79 Å². The highest BCUT2D eigenvalue weighted by Gasteiger charge is 2.49. The number of urea groups is 1. The molecule has 0 radical (unpaired) electrons. The fraction of sp³-hybridized carbons (Fsp3) is 0.318. The number of hydrogen-bond donors (Lipinski definition) is 2. The van der Waals surface area contributed by atoms with Crippen LogP contribution in [0.15, 0.2) is 42.5 Å². The van der Waals surface area contributed by atoms with E-state index in [1.54, 1.807) is 31.2 Å². The van der Waals surface area contributed by atoms with Gasteiger partial charge in [-0.3, -0.25) is 14.5 Å². The van der Waals surface area contributed by atoms with Crippen molar-refractivity contribution in [2.24, 2.45) is 0 Å². The first kappa shape index (κ1) is 22.1. The fourth-order valence-corrected chi connectivity index (χ4v) is 3.54. The van der Waals surface area contributed by atoms with Gasteiger partial charge in [0.15, 0.2) is 0 Å². The van der Waals surface area contributed by atoms with E-state index in [2.05, 4.69) is 31.4 Å². The number of rotatable bonds is 4. The second-order valence-electron chi connectivity index (χ2n) is 8.45. The van der Waals surface area contributed by atoms with Crippen molar-refractivity contribution in [3.8, 4) is 0 Å². The highest BCUT2D eigenvalue weighted by atomic mass is 35.5. The van der Waals surface area contributed by atoms with Gasteiger partial charge in [0, 0.05) is 5.69 Å². The lowest BCUT2D eigenvalue weighted by Gasteiger charge is -2.22. The number of carbonyl (C=O) groups excluding carboxylic acids is 3. The van der Waals surface area contributed by atoms with Crippen LogP contribution in [0, 0.1) is 0 Å². The topological polar surface area (TPSA) is 78.5 Å². The number of anilines is 1. The molecule has 1 aliphatic rings. The number of imide groups is 1. The van der Waals surface area contributed by atoms with Crippen LogP contribution in [0.25, 0.3) is 0 Å². The first-order valence-electron chi connectivity index (χ1n) is 9.42. The van der Waals surface area contributed by atoms with Gasteiger partial charge in [-0.15, -0.1) is 0 Å². The largest absolute Gasteiger partial charge is 0.325 e. The van der Waals surface area contributed by atoms with E-state index in [0.717, 1.165) is 10.5 Å². The van der Waals surface area contributed by atoms with Crippen LogP contribution in [0.5, 0.6) is 0 Å². The fourth-order valence-electron chi connectivity index (χ4n) is 3.24. The van der Waals surface area contributed by atoms with Crippen molar-refractivity contribution < 1.29 is 14.4 Å². The third kappa shape index (κ3) is 4.30. The number of amides is 4. The molecule has 0 aliphatic carbocycles. The van der Waals surface area contributed by atoms with Gasteiger partial charge in [-0.2, -0.15) is 0 Å². The Morgan fingerprint density at radius 3 is 2.27 bits per heavy atom. The molecule has 2 aromatic rings. The summed E-state index contributed by atoms with van der Waals surface area (Å²) in [5, 5.41) is 5.98. The molecule has 1 unspecified atom stereocenters. The molecule has 6 nitrogen and oxygen atoms in total. The van der Waals surface area contributed by atoms with Crippen molar-refractivity contribution in [1.82, 2.24) is 10.2 Å². The van der Waals surface area contributed by atoms with Gasteiger partial charge in [0.1, 0.15) is 12.1 Å². The number of halogens is 2. The third-order valence-corrected chi connectivity index (χ3v) is 5.85. The van der Waals surface area contributed by atoms with E-state index >= 15 is 0 Å². The van der Waals surface area contributed by atoms with Gasteiger partial charge in [0.05, 0.1) is 10.0 Å². The van der Waals surface area contributed by atoms with E-state index in [1.807, 2.05) is 12.1 Å². The summed E-state index contributed by atoms with van der Waals surface area (Å²) in [5.74, 6) is -1.01. The molecule has 0 bridgehead atoms. The molecule has 8 heteroatoms. The van der Waals surface area contributed by atoms with E-state index in [1.165, 1.54) is 6.07 Å². The quantitative estimate of drug-likeness (QED) is 0.666. The average molecular weight is 448 g/mol. The molecule has 1 aliphatic heterocycles. The van der Waals surface area contributed by atoms with Gasteiger partial charge in [0.25, 0.3) is 5.91 Å². The van der Waals surface area contributed by atoms with Gasteiger partial charge < -0.3 is 10.6 Å². The van der Waals surface area contributed by atoms with E-state index in [-0.39, 0.29) is 10.4 Å². The highest BCUT2D eigenvalue weighted by Crippen LogP contribution is 2.33. The van der Waals surface area contributed by atoms with Gasteiger partial charge in [0.2, 0.25) is 5.91 Å². The third-order valence-electron chi connectivity index (χ3n) is 5.11. The lowest BCUT2D eigenvalue weighted by molar-refractivity contribution is -0.133. The van der Waals surface area contributed by atoms with E-state index in [0.29, 0.717) is 16.3 Å². The van der Waals surface area contributed by atoms with Gasteiger partial charge >= 0.3 is 6.03 Å². The molecule has 1 heterocycles. The Balaban J connectivity index is 1.72. The van der Waals surface area contributed by atoms with Crippen molar-refractivity contribution in [2.75, 3.05) is 11.9 Å². The molecule has 3 rings (SSSR count). The van der Waals surface area contributed by atoms with Crippen molar-refractivity contribution in [3.05, 3.63) is 63.6 Å². The molecular formula is C22H23Cl2N3O3. The Morgan fingerprint density at radius 1 is 1.07 bits per heavy atom. The predicted octanol–water partition coefficient (Wildman–Crippen LogP) is 4.70. The van der Waals surface area contributed by atoms with E-state index < -0.39 is 29.9 Å². The molecule has 4 amide bonds. The molecule has 158 valence electrons. The predicted molar refractivity (Wildman–Crippen MR) is 118 cm³/mol. The number of benzene rings is 2. The maximum atomic E-state index is 13.0. The van der Waals surface area contributed by atoms with Crippen LogP contribution in [0.2, 0.25) is 10.0 Å². The summed E-state index contributed by atoms with van der Waals surface area (Å²) in [7, 11) is 0. The summed E-state index contributed by atoms with van der Waals surface area (Å²) in [5.41, 5.74) is 0.868. The summed E-state index contributed by atoms with van der Waals surface area (Å²) in [4.78, 5) is 38.7. The SMILES string of the molecule is CC(C)(C)c1ccc(NC(=O)CN2C(=O)NC(C)(c3ccc(Cl)c(Cl)c3)C2=O)cc1. The molecular weight excluding hydrogens is 425 g/mol. The molecule has 0 aromatic heterocycles. The minimum absolute atomic E-state index is 0.00236. The normalized spacial score (nSPS) is 19.1. The Labute approximate surface area is 185 Å². The first-order chi connectivity index (χ1) is 13.9. The minimum atomic E-state index is -1.33. The Kier molecular flexibility index (Phi) is 5.85. The van der Waals surface area contributed by atoms with Gasteiger partial charge in [-0.05, 0) is 47.7 Å². The summed E-state index contributed by atoms with van der Waals surface area (Å²) in [6.07, 6.45) is 0. The maximum Gasteiger partial charge on any atom is 0.325 e. The van der Waals surface area contributed by atoms with Crippen molar-refractivity contribution >= 4 is 46.7 Å². The molecule has 0 saturated carbocycles. The zero-order chi connectivity index (χ0) is 22.3. The summed E-state index contributed by atoms with van der Waals surface area (Å²) in [6.45, 7) is 7.47. The van der Waals surface area contributed by atoms with Crippen LogP contribution >= 0.6 is 23.2 Å². The molecule has 30 heavy (non-hydrogen) atoms. The summed E-state index contributed by atoms with van der Waals surface area (Å²) >= 11 is 12.0. The lowest BCUT2D eigenvalue weighted by Crippen LogP contribution is -2.42. The van der Waals surface area contributed by atoms with Crippen LogP contribution in [0.4, 0.5) is 10.5 Å².